The molecule has 1 aromatic rings. The van der Waals surface area contributed by atoms with E-state index in [1.807, 2.05) is 0 Å². The summed E-state index contributed by atoms with van der Waals surface area (Å²) < 4.78 is 5.90. The van der Waals surface area contributed by atoms with Gasteiger partial charge in [-0.3, -0.25) is 0 Å². The van der Waals surface area contributed by atoms with Crippen molar-refractivity contribution < 1.29 is 4.74 Å². The summed E-state index contributed by atoms with van der Waals surface area (Å²) in [4.78, 5) is 0. The van der Waals surface area contributed by atoms with Crippen LogP contribution in [-0.4, -0.2) is 6.61 Å². The highest BCUT2D eigenvalue weighted by Gasteiger charge is 2.19. The van der Waals surface area contributed by atoms with Crippen LogP contribution >= 0.6 is 0 Å². The fourth-order valence-corrected chi connectivity index (χ4v) is 2.17. The van der Waals surface area contributed by atoms with Gasteiger partial charge in [0.2, 0.25) is 0 Å². The quantitative estimate of drug-likeness (QED) is 0.627. The van der Waals surface area contributed by atoms with Crippen LogP contribution in [0, 0.1) is 11.8 Å². The van der Waals surface area contributed by atoms with Crippen LogP contribution in [0.4, 0.5) is 0 Å². The highest BCUT2D eigenvalue weighted by atomic mass is 16.5. The summed E-state index contributed by atoms with van der Waals surface area (Å²) >= 11 is 0. The van der Waals surface area contributed by atoms with Crippen molar-refractivity contribution in [3.8, 4) is 17.6 Å². The standard InChI is InChI=1S/C20H30O/c1-6-8-9-10-11-12-17-13-14-19(21-15-7-2)18(16-17)20(3,4)5/h13-14,16H,6-8,11-12,15H2,1-5H3. The van der Waals surface area contributed by atoms with Crippen LogP contribution < -0.4 is 4.74 Å². The van der Waals surface area contributed by atoms with E-state index in [9.17, 15) is 0 Å². The Kier molecular flexibility index (Phi) is 7.37. The largest absolute Gasteiger partial charge is 0.493 e. The molecule has 0 fully saturated rings. The Morgan fingerprint density at radius 3 is 2.33 bits per heavy atom. The minimum absolute atomic E-state index is 0.104. The first-order valence-electron chi connectivity index (χ1n) is 8.21. The van der Waals surface area contributed by atoms with Gasteiger partial charge in [-0.15, -0.1) is 11.8 Å². The molecule has 0 aliphatic carbocycles. The number of unbranched alkanes of at least 4 members (excludes halogenated alkanes) is 1. The molecule has 0 amide bonds. The van der Waals surface area contributed by atoms with Crippen LogP contribution in [0.3, 0.4) is 0 Å². The molecule has 0 spiro atoms. The van der Waals surface area contributed by atoms with E-state index >= 15 is 0 Å². The normalized spacial score (nSPS) is 10.9. The molecular formula is C20H30O. The fourth-order valence-electron chi connectivity index (χ4n) is 2.17. The minimum atomic E-state index is 0.104. The molecule has 1 aromatic carbocycles. The summed E-state index contributed by atoms with van der Waals surface area (Å²) in [5, 5.41) is 0. The zero-order valence-corrected chi connectivity index (χ0v) is 14.4. The van der Waals surface area contributed by atoms with Crippen LogP contribution in [0.2, 0.25) is 0 Å². The SMILES string of the molecule is CCCC#CCCc1ccc(OCCC)c(C(C)(C)C)c1. The van der Waals surface area contributed by atoms with Gasteiger partial charge in [-0.2, -0.15) is 0 Å². The number of rotatable bonds is 6. The summed E-state index contributed by atoms with van der Waals surface area (Å²) in [5.41, 5.74) is 2.76. The molecular weight excluding hydrogens is 256 g/mol. The predicted octanol–water partition coefficient (Wildman–Crippen LogP) is 5.51. The summed E-state index contributed by atoms with van der Waals surface area (Å²) in [6.45, 7) is 11.8. The van der Waals surface area contributed by atoms with Crippen molar-refractivity contribution in [2.75, 3.05) is 6.61 Å². The third kappa shape index (κ3) is 6.25. The highest BCUT2D eigenvalue weighted by molar-refractivity contribution is 5.41. The molecule has 1 heteroatoms. The van der Waals surface area contributed by atoms with Gasteiger partial charge in [0.1, 0.15) is 5.75 Å². The molecule has 1 nitrogen and oxygen atoms in total. The molecule has 0 unspecified atom stereocenters. The second kappa shape index (κ2) is 8.78. The Balaban J connectivity index is 2.82. The number of ether oxygens (including phenoxy) is 1. The summed E-state index contributed by atoms with van der Waals surface area (Å²) in [6.07, 6.45) is 5.16. The molecule has 21 heavy (non-hydrogen) atoms. The maximum atomic E-state index is 5.90. The zero-order chi connectivity index (χ0) is 15.7. The van der Waals surface area contributed by atoms with E-state index < -0.39 is 0 Å². The van der Waals surface area contributed by atoms with E-state index in [1.165, 1.54) is 11.1 Å². The molecule has 0 saturated heterocycles. The number of hydrogen-bond donors (Lipinski definition) is 0. The summed E-state index contributed by atoms with van der Waals surface area (Å²) in [7, 11) is 0. The maximum absolute atomic E-state index is 5.90. The molecule has 1 rings (SSSR count). The Labute approximate surface area is 131 Å². The zero-order valence-electron chi connectivity index (χ0n) is 14.4. The number of benzene rings is 1. The van der Waals surface area contributed by atoms with Gasteiger partial charge < -0.3 is 4.74 Å². The van der Waals surface area contributed by atoms with Crippen molar-refractivity contribution in [3.05, 3.63) is 29.3 Å². The molecule has 0 aromatic heterocycles. The van der Waals surface area contributed by atoms with Gasteiger partial charge in [-0.25, -0.2) is 0 Å². The van der Waals surface area contributed by atoms with E-state index in [1.54, 1.807) is 0 Å². The molecule has 0 N–H and O–H groups in total. The molecule has 0 bridgehead atoms. The monoisotopic (exact) mass is 286 g/mol. The Hall–Kier alpha value is -1.42. The van der Waals surface area contributed by atoms with E-state index in [-0.39, 0.29) is 5.41 Å². The van der Waals surface area contributed by atoms with Gasteiger partial charge in [0.25, 0.3) is 0 Å². The lowest BCUT2D eigenvalue weighted by Crippen LogP contribution is -2.14. The first kappa shape index (κ1) is 17.6. The van der Waals surface area contributed by atoms with Crippen molar-refractivity contribution in [3.63, 3.8) is 0 Å². The Morgan fingerprint density at radius 1 is 1.00 bits per heavy atom. The van der Waals surface area contributed by atoms with Gasteiger partial charge in [0.15, 0.2) is 0 Å². The van der Waals surface area contributed by atoms with Crippen molar-refractivity contribution in [2.24, 2.45) is 0 Å². The van der Waals surface area contributed by atoms with E-state index in [0.29, 0.717) is 0 Å². The van der Waals surface area contributed by atoms with Crippen molar-refractivity contribution in [1.29, 1.82) is 0 Å². The average molecular weight is 286 g/mol. The second-order valence-electron chi connectivity index (χ2n) is 6.53. The molecule has 0 heterocycles. The molecule has 116 valence electrons. The average Bonchev–Trinajstić information content (AvgIpc) is 2.44. The van der Waals surface area contributed by atoms with Crippen LogP contribution in [0.15, 0.2) is 18.2 Å². The third-order valence-electron chi connectivity index (χ3n) is 3.35. The van der Waals surface area contributed by atoms with Crippen LogP contribution in [0.1, 0.15) is 71.4 Å². The van der Waals surface area contributed by atoms with Crippen molar-refractivity contribution in [1.82, 2.24) is 0 Å². The van der Waals surface area contributed by atoms with E-state index in [2.05, 4.69) is 64.7 Å². The first-order valence-corrected chi connectivity index (χ1v) is 8.21. The fraction of sp³-hybridized carbons (Fsp3) is 0.600. The van der Waals surface area contributed by atoms with Gasteiger partial charge in [-0.05, 0) is 41.9 Å². The van der Waals surface area contributed by atoms with Crippen molar-refractivity contribution >= 4 is 0 Å². The topological polar surface area (TPSA) is 9.23 Å². The lowest BCUT2D eigenvalue weighted by molar-refractivity contribution is 0.308. The van der Waals surface area contributed by atoms with Gasteiger partial charge in [0, 0.05) is 12.8 Å². The smallest absolute Gasteiger partial charge is 0.123 e. The maximum Gasteiger partial charge on any atom is 0.123 e. The Bertz CT molecular complexity index is 483. The van der Waals surface area contributed by atoms with Crippen LogP contribution in [0.5, 0.6) is 5.75 Å². The minimum Gasteiger partial charge on any atom is -0.493 e. The van der Waals surface area contributed by atoms with Gasteiger partial charge in [-0.1, -0.05) is 46.8 Å². The molecule has 0 aliphatic rings. The molecule has 0 aliphatic heterocycles. The second-order valence-corrected chi connectivity index (χ2v) is 6.53. The molecule has 0 atom stereocenters. The van der Waals surface area contributed by atoms with E-state index in [4.69, 9.17) is 4.74 Å². The lowest BCUT2D eigenvalue weighted by atomic mass is 9.85. The molecule has 0 radical (unpaired) electrons. The first-order chi connectivity index (χ1) is 9.99. The highest BCUT2D eigenvalue weighted by Crippen LogP contribution is 2.32. The van der Waals surface area contributed by atoms with Crippen LogP contribution in [0.25, 0.3) is 0 Å². The third-order valence-corrected chi connectivity index (χ3v) is 3.35. The van der Waals surface area contributed by atoms with Crippen molar-refractivity contribution in [2.45, 2.75) is 72.1 Å². The molecule has 0 saturated carbocycles. The summed E-state index contributed by atoms with van der Waals surface area (Å²) in [5.74, 6) is 7.51. The number of aryl methyl sites for hydroxylation is 1. The van der Waals surface area contributed by atoms with Gasteiger partial charge in [0.05, 0.1) is 6.61 Å². The Morgan fingerprint density at radius 2 is 1.71 bits per heavy atom. The lowest BCUT2D eigenvalue weighted by Gasteiger charge is -2.23. The van der Waals surface area contributed by atoms with Gasteiger partial charge >= 0.3 is 0 Å². The summed E-state index contributed by atoms with van der Waals surface area (Å²) in [6, 6.07) is 6.61. The number of hydrogen-bond acceptors (Lipinski definition) is 1. The predicted molar refractivity (Wildman–Crippen MR) is 91.9 cm³/mol. The van der Waals surface area contributed by atoms with Crippen LogP contribution in [-0.2, 0) is 11.8 Å². The van der Waals surface area contributed by atoms with E-state index in [0.717, 1.165) is 44.5 Å².